The van der Waals surface area contributed by atoms with Crippen LogP contribution in [0.1, 0.15) is 23.7 Å². The summed E-state index contributed by atoms with van der Waals surface area (Å²) < 4.78 is 5.53. The van der Waals surface area contributed by atoms with Gasteiger partial charge < -0.3 is 4.42 Å². The van der Waals surface area contributed by atoms with E-state index >= 15 is 0 Å². The van der Waals surface area contributed by atoms with Crippen molar-refractivity contribution >= 4 is 39.6 Å². The van der Waals surface area contributed by atoms with Crippen LogP contribution in [-0.2, 0) is 4.79 Å². The van der Waals surface area contributed by atoms with Crippen molar-refractivity contribution in [3.8, 4) is 0 Å². The largest absolute Gasteiger partial charge is 0.439 e. The van der Waals surface area contributed by atoms with Gasteiger partial charge in [0.05, 0.1) is 17.2 Å². The number of imide groups is 1. The lowest BCUT2D eigenvalue weighted by molar-refractivity contribution is -0.126. The fraction of sp³-hybridized carbons (Fsp3) is 0.118. The normalized spacial score (nSPS) is 14.4. The monoisotopic (exact) mass is 337 g/mol. The first-order valence-electron chi connectivity index (χ1n) is 7.46. The molecule has 2 amide bonds. The Bertz CT molecular complexity index is 1220. The predicted molar refractivity (Wildman–Crippen MR) is 89.5 cm³/mol. The third-order valence-electron chi connectivity index (χ3n) is 3.93. The number of nitrogens with zero attached hydrogens (tertiary/aromatic N) is 2. The summed E-state index contributed by atoms with van der Waals surface area (Å²) >= 11 is 0. The van der Waals surface area contributed by atoms with E-state index in [0.29, 0.717) is 21.7 Å². The number of rotatable bonds is 1. The van der Waals surface area contributed by atoms with E-state index in [1.165, 1.54) is 0 Å². The third kappa shape index (κ3) is 2.26. The van der Waals surface area contributed by atoms with Gasteiger partial charge in [-0.3, -0.25) is 24.2 Å². The number of hydrogen-bond donors (Lipinski definition) is 1. The van der Waals surface area contributed by atoms with Crippen molar-refractivity contribution in [2.24, 2.45) is 5.10 Å². The molecule has 25 heavy (non-hydrogen) atoms. The molecule has 0 atom stereocenters. The van der Waals surface area contributed by atoms with Crippen molar-refractivity contribution in [1.29, 1.82) is 0 Å². The maximum atomic E-state index is 12.6. The van der Waals surface area contributed by atoms with Crippen LogP contribution in [0.5, 0.6) is 0 Å². The fourth-order valence-electron chi connectivity index (χ4n) is 2.75. The Morgan fingerprint density at radius 1 is 1.20 bits per heavy atom. The molecular weight excluding hydrogens is 326 g/mol. The van der Waals surface area contributed by atoms with Gasteiger partial charge in [0.15, 0.2) is 0 Å². The number of aromatic nitrogens is 1. The van der Waals surface area contributed by atoms with E-state index in [1.54, 1.807) is 31.2 Å². The predicted octanol–water partition coefficient (Wildman–Crippen LogP) is 1.38. The van der Waals surface area contributed by atoms with Gasteiger partial charge in [-0.05, 0) is 25.1 Å². The second-order valence-corrected chi connectivity index (χ2v) is 5.71. The van der Waals surface area contributed by atoms with E-state index in [4.69, 9.17) is 4.42 Å². The molecule has 0 saturated heterocycles. The molecule has 1 N–H and O–H groups in total. The second kappa shape index (κ2) is 5.23. The van der Waals surface area contributed by atoms with Crippen LogP contribution in [0.15, 0.2) is 49.4 Å². The molecule has 4 rings (SSSR count). The summed E-state index contributed by atoms with van der Waals surface area (Å²) in [6.07, 6.45) is 0.0179. The number of hydrogen-bond acceptors (Lipinski definition) is 6. The van der Waals surface area contributed by atoms with Gasteiger partial charge in [0.1, 0.15) is 11.1 Å². The molecule has 0 saturated carbocycles. The van der Waals surface area contributed by atoms with Gasteiger partial charge in [-0.2, -0.15) is 10.1 Å². The van der Waals surface area contributed by atoms with Gasteiger partial charge >= 0.3 is 0 Å². The molecule has 3 heterocycles. The van der Waals surface area contributed by atoms with E-state index < -0.39 is 17.4 Å². The van der Waals surface area contributed by atoms with Crippen LogP contribution in [-0.4, -0.2) is 27.5 Å². The molecule has 0 unspecified atom stereocenters. The molecule has 1 aliphatic heterocycles. The van der Waals surface area contributed by atoms with Crippen molar-refractivity contribution in [2.45, 2.75) is 13.3 Å². The first kappa shape index (κ1) is 15.0. The number of hydrazone groups is 1. The molecule has 124 valence electrons. The highest BCUT2D eigenvalue weighted by Crippen LogP contribution is 2.18. The van der Waals surface area contributed by atoms with Crippen LogP contribution < -0.4 is 11.0 Å². The molecule has 0 aliphatic carbocycles. The van der Waals surface area contributed by atoms with Crippen molar-refractivity contribution in [3.05, 3.63) is 56.5 Å². The summed E-state index contributed by atoms with van der Waals surface area (Å²) in [5.74, 6) is -1.40. The molecule has 0 bridgehead atoms. The minimum absolute atomic E-state index is 0.0179. The highest BCUT2D eigenvalue weighted by Gasteiger charge is 2.30. The molecular formula is C17H11N3O5. The Hall–Kier alpha value is -3.55. The maximum Gasteiger partial charge on any atom is 0.286 e. The summed E-state index contributed by atoms with van der Waals surface area (Å²) in [5, 5.41) is 4.86. The third-order valence-corrected chi connectivity index (χ3v) is 3.93. The van der Waals surface area contributed by atoms with Crippen LogP contribution in [0.3, 0.4) is 0 Å². The fourth-order valence-corrected chi connectivity index (χ4v) is 2.75. The highest BCUT2D eigenvalue weighted by molar-refractivity contribution is 6.14. The topological polar surface area (TPSA) is 113 Å². The molecule has 1 aliphatic rings. The zero-order chi connectivity index (χ0) is 17.7. The van der Waals surface area contributed by atoms with Crippen LogP contribution in [0, 0.1) is 0 Å². The summed E-state index contributed by atoms with van der Waals surface area (Å²) in [7, 11) is 0. The van der Waals surface area contributed by atoms with Crippen molar-refractivity contribution in [2.75, 3.05) is 0 Å². The quantitative estimate of drug-likeness (QED) is 0.532. The summed E-state index contributed by atoms with van der Waals surface area (Å²) in [6.45, 7) is 1.61. The Morgan fingerprint density at radius 2 is 1.96 bits per heavy atom. The first-order valence-corrected chi connectivity index (χ1v) is 7.46. The zero-order valence-electron chi connectivity index (χ0n) is 13.0. The Labute approximate surface area is 139 Å². The maximum absolute atomic E-state index is 12.6. The molecule has 0 fully saturated rings. The van der Waals surface area contributed by atoms with E-state index in [0.717, 1.165) is 6.07 Å². The Morgan fingerprint density at radius 3 is 2.68 bits per heavy atom. The van der Waals surface area contributed by atoms with E-state index in [2.05, 4.69) is 10.1 Å². The Kier molecular flexibility index (Phi) is 3.14. The van der Waals surface area contributed by atoms with Crippen LogP contribution >= 0.6 is 0 Å². The summed E-state index contributed by atoms with van der Waals surface area (Å²) in [5.41, 5.74) is -0.719. The number of amides is 2. The second-order valence-electron chi connectivity index (χ2n) is 5.71. The number of benzene rings is 1. The number of aromatic amines is 1. The first-order chi connectivity index (χ1) is 12.0. The van der Waals surface area contributed by atoms with Crippen molar-refractivity contribution in [3.63, 3.8) is 0 Å². The molecule has 1 aromatic carbocycles. The van der Waals surface area contributed by atoms with Crippen LogP contribution in [0.25, 0.3) is 22.1 Å². The summed E-state index contributed by atoms with van der Waals surface area (Å²) in [6, 6.07) is 7.72. The Balaban J connectivity index is 1.95. The number of H-pyrrole nitrogens is 1. The number of fused-ring (bicyclic) bond motifs is 2. The molecule has 0 radical (unpaired) electrons. The molecule has 0 spiro atoms. The lowest BCUT2D eigenvalue weighted by atomic mass is 10.1. The van der Waals surface area contributed by atoms with E-state index in [1.807, 2.05) is 0 Å². The number of carbonyl (C=O) groups is 2. The molecule has 8 nitrogen and oxygen atoms in total. The standard InChI is InChI=1S/C17H11N3O5/c1-8-6-13(21)20(19-8)17(24)11-7-10-14(22)9-4-2-3-5-12(9)25-16(10)18-15(11)23/h2-5,7H,6H2,1H3,(H,18,23). The van der Waals surface area contributed by atoms with Gasteiger partial charge in [-0.15, -0.1) is 0 Å². The lowest BCUT2D eigenvalue weighted by Crippen LogP contribution is -2.33. The number of carbonyl (C=O) groups excluding carboxylic acids is 2. The van der Waals surface area contributed by atoms with Gasteiger partial charge in [0, 0.05) is 5.71 Å². The van der Waals surface area contributed by atoms with Crippen molar-refractivity contribution in [1.82, 2.24) is 9.99 Å². The number of nitrogens with one attached hydrogen (secondary N) is 1. The van der Waals surface area contributed by atoms with Gasteiger partial charge in [0.25, 0.3) is 17.4 Å². The minimum Gasteiger partial charge on any atom is -0.439 e. The molecule has 8 heteroatoms. The lowest BCUT2D eigenvalue weighted by Gasteiger charge is -2.09. The average Bonchev–Trinajstić information content (AvgIpc) is 2.92. The summed E-state index contributed by atoms with van der Waals surface area (Å²) in [4.78, 5) is 51.5. The molecule has 3 aromatic rings. The van der Waals surface area contributed by atoms with Gasteiger partial charge in [-0.25, -0.2) is 0 Å². The minimum atomic E-state index is -0.877. The van der Waals surface area contributed by atoms with Crippen LogP contribution in [0.2, 0.25) is 0 Å². The van der Waals surface area contributed by atoms with Gasteiger partial charge in [0.2, 0.25) is 11.1 Å². The van der Waals surface area contributed by atoms with Crippen LogP contribution in [0.4, 0.5) is 0 Å². The average molecular weight is 337 g/mol. The number of pyridine rings is 1. The van der Waals surface area contributed by atoms with E-state index in [-0.39, 0.29) is 28.5 Å². The smallest absolute Gasteiger partial charge is 0.286 e. The highest BCUT2D eigenvalue weighted by atomic mass is 16.3. The van der Waals surface area contributed by atoms with Gasteiger partial charge in [-0.1, -0.05) is 12.1 Å². The SMILES string of the molecule is CC1=NN(C(=O)c2cc3c(=O)c4ccccc4oc3[nH]c2=O)C(=O)C1. The van der Waals surface area contributed by atoms with Crippen molar-refractivity contribution < 1.29 is 14.0 Å². The zero-order valence-corrected chi connectivity index (χ0v) is 13.0. The molecule has 2 aromatic heterocycles. The van der Waals surface area contributed by atoms with E-state index in [9.17, 15) is 19.2 Å². The number of para-hydroxylation sites is 1.